The molecule has 1 N–H and O–H groups in total. The molecule has 7 nitrogen and oxygen atoms in total. The van der Waals surface area contributed by atoms with Gasteiger partial charge >= 0.3 is 6.03 Å². The molecule has 0 radical (unpaired) electrons. The fourth-order valence-electron chi connectivity index (χ4n) is 3.82. The fourth-order valence-corrected chi connectivity index (χ4v) is 3.82. The lowest BCUT2D eigenvalue weighted by atomic mass is 9.78. The Morgan fingerprint density at radius 2 is 2.00 bits per heavy atom. The van der Waals surface area contributed by atoms with Crippen molar-refractivity contribution in [3.63, 3.8) is 0 Å². The van der Waals surface area contributed by atoms with Crippen LogP contribution in [0.25, 0.3) is 0 Å². The Labute approximate surface area is 143 Å². The number of hydrogen-bond donors (Lipinski definition) is 1. The van der Waals surface area contributed by atoms with Crippen molar-refractivity contribution in [2.45, 2.75) is 32.1 Å². The van der Waals surface area contributed by atoms with Crippen molar-refractivity contribution in [3.8, 4) is 0 Å². The van der Waals surface area contributed by atoms with Gasteiger partial charge in [0.2, 0.25) is 11.8 Å². The molecule has 7 heteroatoms. The minimum absolute atomic E-state index is 0.00687. The van der Waals surface area contributed by atoms with E-state index in [1.54, 1.807) is 19.0 Å². The highest BCUT2D eigenvalue weighted by atomic mass is 16.2. The number of rotatable bonds is 4. The third kappa shape index (κ3) is 3.49. The van der Waals surface area contributed by atoms with Crippen LogP contribution in [0.15, 0.2) is 0 Å². The number of piperidine rings is 1. The first-order valence-electron chi connectivity index (χ1n) is 8.94. The number of amides is 4. The van der Waals surface area contributed by atoms with Crippen molar-refractivity contribution in [1.82, 2.24) is 20.0 Å². The highest BCUT2D eigenvalue weighted by Gasteiger charge is 2.49. The number of nitrogens with one attached hydrogen (secondary N) is 1. The summed E-state index contributed by atoms with van der Waals surface area (Å²) >= 11 is 0. The van der Waals surface area contributed by atoms with Gasteiger partial charge in [-0.15, -0.1) is 0 Å². The molecule has 3 rings (SSSR count). The third-order valence-corrected chi connectivity index (χ3v) is 5.50. The molecule has 0 aromatic heterocycles. The molecule has 0 aromatic rings. The molecule has 1 spiro atoms. The maximum absolute atomic E-state index is 12.9. The van der Waals surface area contributed by atoms with E-state index in [2.05, 4.69) is 5.32 Å². The van der Waals surface area contributed by atoms with Gasteiger partial charge in [-0.1, -0.05) is 0 Å². The summed E-state index contributed by atoms with van der Waals surface area (Å²) in [6.45, 7) is 2.87. The standard InChI is InChI=1S/C17H28N4O3/c1-19(2)16(24)18-10-14(22)21-9-7-17(12-21)6-3-8-20(15(17)23)11-13-4-5-13/h13H,3-12H2,1-2H3,(H,18,24)/t17-/m1/s1. The zero-order valence-electron chi connectivity index (χ0n) is 14.7. The Morgan fingerprint density at radius 3 is 2.67 bits per heavy atom. The molecule has 1 aliphatic carbocycles. The van der Waals surface area contributed by atoms with E-state index in [-0.39, 0.29) is 29.8 Å². The summed E-state index contributed by atoms with van der Waals surface area (Å²) in [7, 11) is 3.28. The maximum atomic E-state index is 12.9. The van der Waals surface area contributed by atoms with E-state index >= 15 is 0 Å². The molecule has 3 aliphatic rings. The molecule has 1 saturated carbocycles. The van der Waals surface area contributed by atoms with E-state index in [9.17, 15) is 14.4 Å². The van der Waals surface area contributed by atoms with Crippen LogP contribution < -0.4 is 5.32 Å². The summed E-state index contributed by atoms with van der Waals surface area (Å²) in [6.07, 6.45) is 5.14. The summed E-state index contributed by atoms with van der Waals surface area (Å²) in [4.78, 5) is 42.0. The molecular weight excluding hydrogens is 308 g/mol. The van der Waals surface area contributed by atoms with Crippen molar-refractivity contribution < 1.29 is 14.4 Å². The van der Waals surface area contributed by atoms with Crippen LogP contribution in [-0.4, -0.2) is 79.4 Å². The Hall–Kier alpha value is -1.79. The minimum Gasteiger partial charge on any atom is -0.342 e. The van der Waals surface area contributed by atoms with Gasteiger partial charge in [-0.3, -0.25) is 9.59 Å². The van der Waals surface area contributed by atoms with E-state index in [0.29, 0.717) is 19.0 Å². The molecule has 2 aliphatic heterocycles. The van der Waals surface area contributed by atoms with Crippen LogP contribution in [0.3, 0.4) is 0 Å². The quantitative estimate of drug-likeness (QED) is 0.813. The van der Waals surface area contributed by atoms with Gasteiger partial charge in [-0.25, -0.2) is 4.79 Å². The second kappa shape index (κ2) is 6.61. The van der Waals surface area contributed by atoms with Gasteiger partial charge in [0.05, 0.1) is 12.0 Å². The molecule has 2 heterocycles. The van der Waals surface area contributed by atoms with Gasteiger partial charge in [-0.05, 0) is 38.0 Å². The molecule has 24 heavy (non-hydrogen) atoms. The summed E-state index contributed by atoms with van der Waals surface area (Å²) < 4.78 is 0. The predicted octanol–water partition coefficient (Wildman–Crippen LogP) is 0.509. The smallest absolute Gasteiger partial charge is 0.317 e. The Bertz CT molecular complexity index is 532. The molecule has 0 unspecified atom stereocenters. The number of urea groups is 1. The third-order valence-electron chi connectivity index (χ3n) is 5.50. The monoisotopic (exact) mass is 336 g/mol. The summed E-state index contributed by atoms with van der Waals surface area (Å²) in [5, 5.41) is 2.60. The summed E-state index contributed by atoms with van der Waals surface area (Å²) in [6, 6.07) is -0.276. The van der Waals surface area contributed by atoms with E-state index in [1.807, 2.05) is 4.90 Å². The first-order chi connectivity index (χ1) is 11.4. The van der Waals surface area contributed by atoms with Crippen molar-refractivity contribution in [2.75, 3.05) is 46.8 Å². The van der Waals surface area contributed by atoms with Gasteiger partial charge in [0.25, 0.3) is 0 Å². The topological polar surface area (TPSA) is 73.0 Å². The van der Waals surface area contributed by atoms with E-state index in [4.69, 9.17) is 0 Å². The van der Waals surface area contributed by atoms with Crippen molar-refractivity contribution >= 4 is 17.8 Å². The van der Waals surface area contributed by atoms with Crippen LogP contribution in [0.4, 0.5) is 4.79 Å². The first-order valence-corrected chi connectivity index (χ1v) is 8.94. The number of carbonyl (C=O) groups is 3. The zero-order valence-corrected chi connectivity index (χ0v) is 14.7. The first kappa shape index (κ1) is 17.0. The van der Waals surface area contributed by atoms with Crippen LogP contribution in [0.5, 0.6) is 0 Å². The second-order valence-corrected chi connectivity index (χ2v) is 7.70. The van der Waals surface area contributed by atoms with Gasteiger partial charge in [0.1, 0.15) is 0 Å². The van der Waals surface area contributed by atoms with E-state index < -0.39 is 0 Å². The Morgan fingerprint density at radius 1 is 1.25 bits per heavy atom. The van der Waals surface area contributed by atoms with Crippen molar-refractivity contribution in [2.24, 2.45) is 11.3 Å². The lowest BCUT2D eigenvalue weighted by Crippen LogP contribution is -2.51. The number of likely N-dealkylation sites (tertiary alicyclic amines) is 2. The maximum Gasteiger partial charge on any atom is 0.317 e. The molecule has 0 bridgehead atoms. The second-order valence-electron chi connectivity index (χ2n) is 7.70. The van der Waals surface area contributed by atoms with Crippen molar-refractivity contribution in [3.05, 3.63) is 0 Å². The van der Waals surface area contributed by atoms with Crippen LogP contribution in [0, 0.1) is 11.3 Å². The number of carbonyl (C=O) groups excluding carboxylic acids is 3. The average molecular weight is 336 g/mol. The van der Waals surface area contributed by atoms with Crippen LogP contribution in [-0.2, 0) is 9.59 Å². The van der Waals surface area contributed by atoms with Crippen LogP contribution >= 0.6 is 0 Å². The van der Waals surface area contributed by atoms with E-state index in [0.717, 1.165) is 32.4 Å². The average Bonchev–Trinajstić information content (AvgIpc) is 3.27. The highest BCUT2D eigenvalue weighted by Crippen LogP contribution is 2.41. The highest BCUT2D eigenvalue weighted by molar-refractivity contribution is 5.87. The lowest BCUT2D eigenvalue weighted by molar-refractivity contribution is -0.146. The normalized spacial score (nSPS) is 26.8. The zero-order chi connectivity index (χ0) is 17.3. The Kier molecular flexibility index (Phi) is 4.69. The fraction of sp³-hybridized carbons (Fsp3) is 0.824. The number of nitrogens with zero attached hydrogens (tertiary/aromatic N) is 3. The molecule has 3 fully saturated rings. The number of hydrogen-bond acceptors (Lipinski definition) is 3. The van der Waals surface area contributed by atoms with Gasteiger partial charge in [0.15, 0.2) is 0 Å². The van der Waals surface area contributed by atoms with Crippen LogP contribution in [0.2, 0.25) is 0 Å². The molecular formula is C17H28N4O3. The lowest BCUT2D eigenvalue weighted by Gasteiger charge is -2.39. The molecule has 1 atom stereocenters. The summed E-state index contributed by atoms with van der Waals surface area (Å²) in [5.74, 6) is 0.840. The van der Waals surface area contributed by atoms with Crippen molar-refractivity contribution in [1.29, 1.82) is 0 Å². The van der Waals surface area contributed by atoms with E-state index in [1.165, 1.54) is 17.7 Å². The molecule has 4 amide bonds. The van der Waals surface area contributed by atoms with Crippen LogP contribution in [0.1, 0.15) is 32.1 Å². The van der Waals surface area contributed by atoms with Gasteiger partial charge in [-0.2, -0.15) is 0 Å². The SMILES string of the molecule is CN(C)C(=O)NCC(=O)N1CC[C@]2(CCCN(CC3CC3)C2=O)C1. The van der Waals surface area contributed by atoms with Gasteiger partial charge < -0.3 is 20.0 Å². The molecule has 0 aromatic carbocycles. The predicted molar refractivity (Wildman–Crippen MR) is 89.3 cm³/mol. The minimum atomic E-state index is -0.381. The largest absolute Gasteiger partial charge is 0.342 e. The van der Waals surface area contributed by atoms with Gasteiger partial charge in [0, 0.05) is 40.3 Å². The Balaban J connectivity index is 1.55. The molecule has 2 saturated heterocycles. The molecule has 134 valence electrons. The summed E-state index contributed by atoms with van der Waals surface area (Å²) in [5.41, 5.74) is -0.381.